The minimum absolute atomic E-state index is 0.181. The lowest BCUT2D eigenvalue weighted by atomic mass is 10.1. The molecule has 0 aliphatic heterocycles. The van der Waals surface area contributed by atoms with Gasteiger partial charge >= 0.3 is 5.97 Å². The van der Waals surface area contributed by atoms with Crippen molar-refractivity contribution in [1.29, 1.82) is 0 Å². The lowest BCUT2D eigenvalue weighted by Crippen LogP contribution is -2.27. The lowest BCUT2D eigenvalue weighted by molar-refractivity contribution is -0.154. The molecule has 0 spiro atoms. The number of aliphatic hydroxyl groups is 1. The van der Waals surface area contributed by atoms with E-state index in [-0.39, 0.29) is 19.2 Å². The van der Waals surface area contributed by atoms with Gasteiger partial charge in [0.05, 0.1) is 13.2 Å². The van der Waals surface area contributed by atoms with E-state index < -0.39 is 6.10 Å². The number of carbonyl (C=O) groups is 1. The van der Waals surface area contributed by atoms with Crippen molar-refractivity contribution in [3.63, 3.8) is 0 Å². The van der Waals surface area contributed by atoms with Gasteiger partial charge < -0.3 is 14.6 Å². The third-order valence-electron chi connectivity index (χ3n) is 9.57. The molecule has 0 aromatic heterocycles. The molecule has 0 aromatic carbocycles. The molecule has 1 N–H and O–H groups in total. The summed E-state index contributed by atoms with van der Waals surface area (Å²) in [5, 5.41) is 9.61. The third-order valence-corrected chi connectivity index (χ3v) is 9.57. The summed E-state index contributed by atoms with van der Waals surface area (Å²) >= 11 is 0. The lowest BCUT2D eigenvalue weighted by Gasteiger charge is -2.15. The van der Waals surface area contributed by atoms with Crippen molar-refractivity contribution in [2.75, 3.05) is 19.8 Å². The topological polar surface area (TPSA) is 55.8 Å². The van der Waals surface area contributed by atoms with Crippen LogP contribution in [0.2, 0.25) is 0 Å². The first kappa shape index (κ1) is 50.1. The number of hydrogen-bond acceptors (Lipinski definition) is 4. The molecule has 0 bridgehead atoms. The predicted octanol–water partition coefficient (Wildman–Crippen LogP) is 14.8. The maximum absolute atomic E-state index is 12.2. The Hall–Kier alpha value is -1.91. The fraction of sp³-hybridized carbons (Fsp3) is 0.771. The molecule has 0 amide bonds. The minimum atomic E-state index is -0.547. The van der Waals surface area contributed by atoms with Gasteiger partial charge in [0.1, 0.15) is 6.10 Å². The molecule has 1 atom stereocenters. The van der Waals surface area contributed by atoms with Crippen molar-refractivity contribution >= 4 is 5.97 Å². The predicted molar refractivity (Wildman–Crippen MR) is 228 cm³/mol. The van der Waals surface area contributed by atoms with E-state index in [4.69, 9.17) is 9.47 Å². The number of aliphatic hydroxyl groups excluding tert-OH is 1. The van der Waals surface area contributed by atoms with Crippen LogP contribution in [0.25, 0.3) is 0 Å². The van der Waals surface area contributed by atoms with Gasteiger partial charge in [-0.3, -0.25) is 4.79 Å². The highest BCUT2D eigenvalue weighted by Crippen LogP contribution is 2.12. The van der Waals surface area contributed by atoms with Crippen LogP contribution >= 0.6 is 0 Å². The first-order valence-corrected chi connectivity index (χ1v) is 22.4. The van der Waals surface area contributed by atoms with Gasteiger partial charge in [-0.15, -0.1) is 0 Å². The molecular weight excluding hydrogens is 641 g/mol. The SMILES string of the molecule is CCCCCC/C=C\C/C=C\CCCCCCCCCCOCC(CO)OC(=O)CCCCCCCC/C=C\C/C=C\C/C=C\CCCCCCC. The van der Waals surface area contributed by atoms with Crippen LogP contribution in [0, 0.1) is 0 Å². The molecule has 0 radical (unpaired) electrons. The Morgan fingerprint density at radius 1 is 0.462 bits per heavy atom. The van der Waals surface area contributed by atoms with Gasteiger partial charge in [0.15, 0.2) is 0 Å². The summed E-state index contributed by atoms with van der Waals surface area (Å²) in [7, 11) is 0. The molecule has 4 nitrogen and oxygen atoms in total. The summed E-state index contributed by atoms with van der Waals surface area (Å²) in [6, 6.07) is 0. The summed E-state index contributed by atoms with van der Waals surface area (Å²) in [5.74, 6) is -0.215. The maximum atomic E-state index is 12.2. The number of esters is 1. The average Bonchev–Trinajstić information content (AvgIpc) is 3.15. The van der Waals surface area contributed by atoms with E-state index >= 15 is 0 Å². The number of carbonyl (C=O) groups excluding carboxylic acids is 1. The van der Waals surface area contributed by atoms with Crippen LogP contribution in [0.5, 0.6) is 0 Å². The average molecular weight is 727 g/mol. The van der Waals surface area contributed by atoms with Gasteiger partial charge in [0, 0.05) is 13.0 Å². The highest BCUT2D eigenvalue weighted by Gasteiger charge is 2.13. The van der Waals surface area contributed by atoms with Crippen LogP contribution in [0.15, 0.2) is 60.8 Å². The van der Waals surface area contributed by atoms with Crippen molar-refractivity contribution in [3.05, 3.63) is 60.8 Å². The van der Waals surface area contributed by atoms with Crippen LogP contribution in [0.4, 0.5) is 0 Å². The van der Waals surface area contributed by atoms with Gasteiger partial charge in [-0.1, -0.05) is 184 Å². The van der Waals surface area contributed by atoms with E-state index in [0.717, 1.165) is 51.4 Å². The summed E-state index contributed by atoms with van der Waals surface area (Å²) in [4.78, 5) is 12.2. The zero-order valence-electron chi connectivity index (χ0n) is 34.6. The molecule has 302 valence electrons. The standard InChI is InChI=1S/C48H86O4/c1-3-5-7-9-11-13-15-17-19-21-23-24-25-27-29-31-33-35-37-39-41-43-48(50)52-47(45-49)46-51-44-42-40-38-36-34-32-30-28-26-22-20-18-16-14-12-10-8-6-4-2/h14-17,20-23,25,27,47,49H,3-13,18-19,24,26,28-46H2,1-2H3/b16-14-,17-15-,22-20-,23-21-,27-25-. The van der Waals surface area contributed by atoms with E-state index in [1.165, 1.54) is 141 Å². The highest BCUT2D eigenvalue weighted by molar-refractivity contribution is 5.69. The van der Waals surface area contributed by atoms with Gasteiger partial charge in [0.25, 0.3) is 0 Å². The smallest absolute Gasteiger partial charge is 0.306 e. The Kier molecular flexibility index (Phi) is 43.6. The van der Waals surface area contributed by atoms with Crippen molar-refractivity contribution in [3.8, 4) is 0 Å². The van der Waals surface area contributed by atoms with Gasteiger partial charge in [0.2, 0.25) is 0 Å². The number of allylic oxidation sites excluding steroid dienone is 10. The zero-order valence-corrected chi connectivity index (χ0v) is 34.6. The highest BCUT2D eigenvalue weighted by atomic mass is 16.6. The van der Waals surface area contributed by atoms with Crippen molar-refractivity contribution in [2.24, 2.45) is 0 Å². The van der Waals surface area contributed by atoms with E-state index in [1.807, 2.05) is 0 Å². The second-order valence-electron chi connectivity index (χ2n) is 14.8. The number of unbranched alkanes of at least 4 members (excludes halogenated alkanes) is 23. The number of rotatable bonds is 41. The summed E-state index contributed by atoms with van der Waals surface area (Å²) in [6.45, 7) is 5.30. The molecule has 0 fully saturated rings. The quantitative estimate of drug-likeness (QED) is 0.0387. The van der Waals surface area contributed by atoms with Gasteiger partial charge in [-0.05, 0) is 83.5 Å². The molecule has 0 rings (SSSR count). The largest absolute Gasteiger partial charge is 0.457 e. The molecule has 0 saturated heterocycles. The Morgan fingerprint density at radius 2 is 0.808 bits per heavy atom. The second kappa shape index (κ2) is 45.2. The molecule has 52 heavy (non-hydrogen) atoms. The number of hydrogen-bond donors (Lipinski definition) is 1. The fourth-order valence-electron chi connectivity index (χ4n) is 6.19. The van der Waals surface area contributed by atoms with Crippen LogP contribution < -0.4 is 0 Å². The van der Waals surface area contributed by atoms with Crippen molar-refractivity contribution < 1.29 is 19.4 Å². The zero-order chi connectivity index (χ0) is 37.7. The van der Waals surface area contributed by atoms with E-state index in [2.05, 4.69) is 74.6 Å². The van der Waals surface area contributed by atoms with Gasteiger partial charge in [-0.2, -0.15) is 0 Å². The van der Waals surface area contributed by atoms with E-state index in [1.54, 1.807) is 0 Å². The fourth-order valence-corrected chi connectivity index (χ4v) is 6.19. The van der Waals surface area contributed by atoms with Crippen molar-refractivity contribution in [1.82, 2.24) is 0 Å². The third kappa shape index (κ3) is 42.5. The first-order chi connectivity index (χ1) is 25.7. The summed E-state index contributed by atoms with van der Waals surface area (Å²) < 4.78 is 11.2. The minimum Gasteiger partial charge on any atom is -0.457 e. The first-order valence-electron chi connectivity index (χ1n) is 22.4. The normalized spacial score (nSPS) is 12.9. The Bertz CT molecular complexity index is 854. The van der Waals surface area contributed by atoms with E-state index in [9.17, 15) is 9.90 Å². The van der Waals surface area contributed by atoms with Crippen molar-refractivity contribution in [2.45, 2.75) is 219 Å². The monoisotopic (exact) mass is 727 g/mol. The molecular formula is C48H86O4. The molecule has 0 aromatic rings. The molecule has 0 aliphatic carbocycles. The van der Waals surface area contributed by atoms with Crippen LogP contribution in [0.3, 0.4) is 0 Å². The van der Waals surface area contributed by atoms with Crippen LogP contribution in [-0.2, 0) is 14.3 Å². The Labute approximate surface area is 324 Å². The molecule has 0 aliphatic rings. The summed E-state index contributed by atoms with van der Waals surface area (Å²) in [5.41, 5.74) is 0. The Morgan fingerprint density at radius 3 is 1.23 bits per heavy atom. The van der Waals surface area contributed by atoms with Crippen LogP contribution in [-0.4, -0.2) is 37.0 Å². The summed E-state index contributed by atoms with van der Waals surface area (Å²) in [6.07, 6.45) is 59.9. The van der Waals surface area contributed by atoms with E-state index in [0.29, 0.717) is 13.0 Å². The molecule has 4 heteroatoms. The molecule has 1 unspecified atom stereocenters. The Balaban J connectivity index is 3.49. The maximum Gasteiger partial charge on any atom is 0.306 e. The number of ether oxygens (including phenoxy) is 2. The molecule has 0 saturated carbocycles. The molecule has 0 heterocycles. The second-order valence-corrected chi connectivity index (χ2v) is 14.8. The van der Waals surface area contributed by atoms with Crippen LogP contribution in [0.1, 0.15) is 213 Å². The van der Waals surface area contributed by atoms with Gasteiger partial charge in [-0.25, -0.2) is 0 Å².